The SMILES string of the molecule is C[N+](C)(C)C[C@@H](CC(=O)O)OC(=O)CC(O)C(=O)O. The molecule has 0 fully saturated rings. The molecule has 0 aliphatic rings. The molecule has 19 heavy (non-hydrogen) atoms. The molecule has 110 valence electrons. The number of aliphatic hydroxyl groups is 1. The predicted molar refractivity (Wildman–Crippen MR) is 63.3 cm³/mol. The lowest BCUT2D eigenvalue weighted by atomic mass is 10.2. The van der Waals surface area contributed by atoms with Crippen molar-refractivity contribution in [3.8, 4) is 0 Å². The fourth-order valence-corrected chi connectivity index (χ4v) is 1.43. The van der Waals surface area contributed by atoms with E-state index in [1.807, 2.05) is 0 Å². The Balaban J connectivity index is 4.50. The van der Waals surface area contributed by atoms with Gasteiger partial charge in [0.1, 0.15) is 6.54 Å². The minimum Gasteiger partial charge on any atom is -0.481 e. The number of carboxylic acids is 2. The molecule has 0 rings (SSSR count). The van der Waals surface area contributed by atoms with Crippen molar-refractivity contribution < 1.29 is 38.9 Å². The second kappa shape index (κ2) is 7.05. The monoisotopic (exact) mass is 278 g/mol. The van der Waals surface area contributed by atoms with Gasteiger partial charge in [-0.15, -0.1) is 0 Å². The van der Waals surface area contributed by atoms with Crippen LogP contribution < -0.4 is 0 Å². The molecule has 0 radical (unpaired) electrons. The van der Waals surface area contributed by atoms with Crippen molar-refractivity contribution in [1.82, 2.24) is 0 Å². The number of esters is 1. The van der Waals surface area contributed by atoms with Crippen LogP contribution in [0.5, 0.6) is 0 Å². The zero-order valence-corrected chi connectivity index (χ0v) is 11.2. The predicted octanol–water partition coefficient (Wildman–Crippen LogP) is -1.09. The molecule has 1 unspecified atom stereocenters. The van der Waals surface area contributed by atoms with E-state index in [2.05, 4.69) is 0 Å². The maximum Gasteiger partial charge on any atom is 0.333 e. The molecule has 3 N–H and O–H groups in total. The Hall–Kier alpha value is -1.67. The average Bonchev–Trinajstić information content (AvgIpc) is 2.12. The molecule has 0 spiro atoms. The lowest BCUT2D eigenvalue weighted by molar-refractivity contribution is -0.873. The largest absolute Gasteiger partial charge is 0.481 e. The fraction of sp³-hybridized carbons (Fsp3) is 0.727. The van der Waals surface area contributed by atoms with E-state index in [9.17, 15) is 14.4 Å². The number of carbonyl (C=O) groups is 3. The van der Waals surface area contributed by atoms with Crippen LogP contribution in [0.2, 0.25) is 0 Å². The Labute approximate surface area is 110 Å². The van der Waals surface area contributed by atoms with Crippen LogP contribution in [0.15, 0.2) is 0 Å². The molecular weight excluding hydrogens is 258 g/mol. The second-order valence-corrected chi connectivity index (χ2v) is 5.24. The lowest BCUT2D eigenvalue weighted by Gasteiger charge is -2.28. The standard InChI is InChI=1S/C11H19NO7/c1-12(2,3)6-7(4-9(14)15)19-10(16)5-8(13)11(17)18/h7-8,13H,4-6H2,1-3H3,(H-,14,15,17,18)/p+1/t7-,8?/m1/s1. The molecule has 0 amide bonds. The first kappa shape index (κ1) is 17.3. The summed E-state index contributed by atoms with van der Waals surface area (Å²) < 4.78 is 5.28. The van der Waals surface area contributed by atoms with E-state index < -0.39 is 36.5 Å². The van der Waals surface area contributed by atoms with Crippen molar-refractivity contribution in [3.05, 3.63) is 0 Å². The van der Waals surface area contributed by atoms with Gasteiger partial charge in [-0.25, -0.2) is 4.79 Å². The summed E-state index contributed by atoms with van der Waals surface area (Å²) in [5, 5.41) is 26.2. The van der Waals surface area contributed by atoms with Crippen molar-refractivity contribution >= 4 is 17.9 Å². The number of carboxylic acid groups (broad SMARTS) is 2. The minimum atomic E-state index is -1.85. The van der Waals surface area contributed by atoms with Crippen molar-refractivity contribution in [2.45, 2.75) is 25.0 Å². The molecule has 0 heterocycles. The van der Waals surface area contributed by atoms with Gasteiger partial charge in [0.05, 0.1) is 34.0 Å². The number of aliphatic carboxylic acids is 2. The highest BCUT2D eigenvalue weighted by molar-refractivity contribution is 5.80. The maximum atomic E-state index is 11.4. The Morgan fingerprint density at radius 1 is 1.11 bits per heavy atom. The van der Waals surface area contributed by atoms with Crippen LogP contribution in [-0.4, -0.2) is 77.6 Å². The molecule has 0 bridgehead atoms. The maximum absolute atomic E-state index is 11.4. The molecule has 0 aromatic heterocycles. The van der Waals surface area contributed by atoms with E-state index in [-0.39, 0.29) is 13.0 Å². The smallest absolute Gasteiger partial charge is 0.333 e. The summed E-state index contributed by atoms with van der Waals surface area (Å²) in [6.07, 6.45) is -3.79. The zero-order valence-electron chi connectivity index (χ0n) is 11.2. The summed E-state index contributed by atoms with van der Waals surface area (Å²) >= 11 is 0. The third kappa shape index (κ3) is 8.97. The van der Waals surface area contributed by atoms with Crippen molar-refractivity contribution in [2.75, 3.05) is 27.7 Å². The fourth-order valence-electron chi connectivity index (χ4n) is 1.43. The van der Waals surface area contributed by atoms with Crippen molar-refractivity contribution in [2.24, 2.45) is 0 Å². The van der Waals surface area contributed by atoms with Gasteiger partial charge in [-0.3, -0.25) is 9.59 Å². The summed E-state index contributed by atoms with van der Waals surface area (Å²) in [4.78, 5) is 32.4. The average molecular weight is 278 g/mol. The number of hydrogen-bond acceptors (Lipinski definition) is 5. The van der Waals surface area contributed by atoms with Gasteiger partial charge >= 0.3 is 17.9 Å². The molecule has 8 nitrogen and oxygen atoms in total. The Kier molecular flexibility index (Phi) is 6.43. The number of ether oxygens (including phenoxy) is 1. The molecular formula is C11H20NO7+. The topological polar surface area (TPSA) is 121 Å². The van der Waals surface area contributed by atoms with Gasteiger partial charge in [-0.2, -0.15) is 0 Å². The van der Waals surface area contributed by atoms with Gasteiger partial charge in [0.25, 0.3) is 0 Å². The normalized spacial score (nSPS) is 14.5. The van der Waals surface area contributed by atoms with Crippen molar-refractivity contribution in [3.63, 3.8) is 0 Å². The van der Waals surface area contributed by atoms with Gasteiger partial charge in [0.15, 0.2) is 12.2 Å². The van der Waals surface area contributed by atoms with E-state index in [1.54, 1.807) is 21.1 Å². The minimum absolute atomic E-state index is 0.265. The zero-order chi connectivity index (χ0) is 15.2. The number of carbonyl (C=O) groups excluding carboxylic acids is 1. The van der Waals surface area contributed by atoms with Gasteiger partial charge in [-0.05, 0) is 0 Å². The van der Waals surface area contributed by atoms with E-state index in [4.69, 9.17) is 20.1 Å². The Morgan fingerprint density at radius 2 is 1.63 bits per heavy atom. The molecule has 0 aliphatic carbocycles. The third-order valence-electron chi connectivity index (χ3n) is 2.10. The lowest BCUT2D eigenvalue weighted by Crippen LogP contribution is -2.44. The van der Waals surface area contributed by atoms with Crippen LogP contribution in [0.4, 0.5) is 0 Å². The quantitative estimate of drug-likeness (QED) is 0.381. The molecule has 0 aliphatic heterocycles. The van der Waals surface area contributed by atoms with E-state index in [0.29, 0.717) is 4.48 Å². The molecule has 0 saturated heterocycles. The van der Waals surface area contributed by atoms with E-state index >= 15 is 0 Å². The summed E-state index contributed by atoms with van der Waals surface area (Å²) in [5.74, 6) is -3.59. The van der Waals surface area contributed by atoms with Gasteiger partial charge < -0.3 is 24.5 Å². The number of rotatable bonds is 8. The highest BCUT2D eigenvalue weighted by Gasteiger charge is 2.27. The molecule has 8 heteroatoms. The van der Waals surface area contributed by atoms with E-state index in [0.717, 1.165) is 0 Å². The third-order valence-corrected chi connectivity index (χ3v) is 2.10. The van der Waals surface area contributed by atoms with Crippen LogP contribution in [0, 0.1) is 0 Å². The Morgan fingerprint density at radius 3 is 2.00 bits per heavy atom. The first-order valence-corrected chi connectivity index (χ1v) is 5.64. The number of aliphatic hydroxyl groups excluding tert-OH is 1. The van der Waals surface area contributed by atoms with Crippen LogP contribution in [0.1, 0.15) is 12.8 Å². The van der Waals surface area contributed by atoms with Crippen LogP contribution in [0.3, 0.4) is 0 Å². The summed E-state index contributed by atoms with van der Waals surface area (Å²) in [6.45, 7) is 0.265. The number of likely N-dealkylation sites (N-methyl/N-ethyl adjacent to an activating group) is 1. The van der Waals surface area contributed by atoms with Gasteiger partial charge in [0.2, 0.25) is 0 Å². The highest BCUT2D eigenvalue weighted by atomic mass is 16.5. The van der Waals surface area contributed by atoms with Crippen molar-refractivity contribution in [1.29, 1.82) is 0 Å². The summed E-state index contributed by atoms with van der Waals surface area (Å²) in [5.41, 5.74) is 0. The summed E-state index contributed by atoms with van der Waals surface area (Å²) in [6, 6.07) is 0. The van der Waals surface area contributed by atoms with Gasteiger partial charge in [0, 0.05) is 0 Å². The summed E-state index contributed by atoms with van der Waals surface area (Å²) in [7, 11) is 5.40. The molecule has 0 aromatic rings. The van der Waals surface area contributed by atoms with Crippen LogP contribution in [0.25, 0.3) is 0 Å². The molecule has 0 saturated carbocycles. The molecule has 2 atom stereocenters. The number of hydrogen-bond donors (Lipinski definition) is 3. The number of quaternary nitrogens is 1. The van der Waals surface area contributed by atoms with E-state index in [1.165, 1.54) is 0 Å². The first-order chi connectivity index (χ1) is 8.51. The number of nitrogens with zero attached hydrogens (tertiary/aromatic N) is 1. The Bertz CT molecular complexity index is 347. The highest BCUT2D eigenvalue weighted by Crippen LogP contribution is 2.07. The van der Waals surface area contributed by atoms with Crippen LogP contribution in [-0.2, 0) is 19.1 Å². The van der Waals surface area contributed by atoms with Gasteiger partial charge in [-0.1, -0.05) is 0 Å². The van der Waals surface area contributed by atoms with Crippen LogP contribution >= 0.6 is 0 Å². The first-order valence-electron chi connectivity index (χ1n) is 5.64. The molecule has 0 aromatic carbocycles. The second-order valence-electron chi connectivity index (χ2n) is 5.24.